The molecule has 0 unspecified atom stereocenters. The maximum absolute atomic E-state index is 12.4. The standard InChI is InChI=1S/C18H21NO4S/c1-13-3-5-15(6-4-13)12-24(20,21)19-14(2)16-7-8-17-18(11-16)23-10-9-22-17/h3-8,11,14,19H,9-10,12H2,1-2H3/t14-/m0/s1. The van der Waals surface area contributed by atoms with Gasteiger partial charge in [-0.15, -0.1) is 0 Å². The van der Waals surface area contributed by atoms with Gasteiger partial charge in [-0.05, 0) is 37.1 Å². The van der Waals surface area contributed by atoms with Crippen LogP contribution in [0.4, 0.5) is 0 Å². The predicted molar refractivity (Wildman–Crippen MR) is 92.8 cm³/mol. The molecule has 1 heterocycles. The molecule has 0 amide bonds. The number of fused-ring (bicyclic) bond motifs is 1. The third-order valence-corrected chi connectivity index (χ3v) is 5.33. The van der Waals surface area contributed by atoms with Crippen LogP contribution in [-0.4, -0.2) is 21.6 Å². The summed E-state index contributed by atoms with van der Waals surface area (Å²) >= 11 is 0. The minimum Gasteiger partial charge on any atom is -0.486 e. The number of benzene rings is 2. The van der Waals surface area contributed by atoms with E-state index in [1.807, 2.05) is 56.3 Å². The fourth-order valence-corrected chi connectivity index (χ4v) is 4.00. The molecule has 6 heteroatoms. The van der Waals surface area contributed by atoms with E-state index in [-0.39, 0.29) is 11.8 Å². The Morgan fingerprint density at radius 1 is 1.04 bits per heavy atom. The Balaban J connectivity index is 1.71. The van der Waals surface area contributed by atoms with E-state index >= 15 is 0 Å². The zero-order chi connectivity index (χ0) is 17.2. The van der Waals surface area contributed by atoms with Gasteiger partial charge in [-0.2, -0.15) is 0 Å². The van der Waals surface area contributed by atoms with Gasteiger partial charge in [0.05, 0.1) is 5.75 Å². The smallest absolute Gasteiger partial charge is 0.216 e. The van der Waals surface area contributed by atoms with Crippen LogP contribution in [0.1, 0.15) is 29.7 Å². The van der Waals surface area contributed by atoms with Gasteiger partial charge in [0.25, 0.3) is 0 Å². The minimum absolute atomic E-state index is 0.0395. The van der Waals surface area contributed by atoms with Gasteiger partial charge < -0.3 is 9.47 Å². The van der Waals surface area contributed by atoms with E-state index in [1.165, 1.54) is 0 Å². The zero-order valence-corrected chi connectivity index (χ0v) is 14.6. The highest BCUT2D eigenvalue weighted by Gasteiger charge is 2.19. The normalized spacial score (nSPS) is 15.1. The molecule has 0 fully saturated rings. The van der Waals surface area contributed by atoms with Gasteiger partial charge in [-0.25, -0.2) is 13.1 Å². The average Bonchev–Trinajstić information content (AvgIpc) is 2.56. The fraction of sp³-hybridized carbons (Fsp3) is 0.333. The molecule has 3 rings (SSSR count). The van der Waals surface area contributed by atoms with Crippen LogP contribution in [0.5, 0.6) is 11.5 Å². The van der Waals surface area contributed by atoms with Crippen LogP contribution in [0.2, 0.25) is 0 Å². The van der Waals surface area contributed by atoms with Gasteiger partial charge >= 0.3 is 0 Å². The van der Waals surface area contributed by atoms with Crippen LogP contribution in [0.25, 0.3) is 0 Å². The highest BCUT2D eigenvalue weighted by molar-refractivity contribution is 7.88. The van der Waals surface area contributed by atoms with Crippen molar-refractivity contribution in [2.45, 2.75) is 25.6 Å². The van der Waals surface area contributed by atoms with Crippen LogP contribution < -0.4 is 14.2 Å². The molecule has 24 heavy (non-hydrogen) atoms. The molecule has 0 aliphatic carbocycles. The van der Waals surface area contributed by atoms with Crippen LogP contribution in [-0.2, 0) is 15.8 Å². The second-order valence-electron chi connectivity index (χ2n) is 5.99. The van der Waals surface area contributed by atoms with Crippen molar-refractivity contribution in [1.82, 2.24) is 4.72 Å². The summed E-state index contributed by atoms with van der Waals surface area (Å²) in [4.78, 5) is 0. The Kier molecular flexibility index (Phi) is 4.78. The lowest BCUT2D eigenvalue weighted by molar-refractivity contribution is 0.171. The van der Waals surface area contributed by atoms with E-state index in [0.717, 1.165) is 16.7 Å². The first-order valence-electron chi connectivity index (χ1n) is 7.88. The molecule has 1 atom stereocenters. The van der Waals surface area contributed by atoms with E-state index in [2.05, 4.69) is 4.72 Å². The third-order valence-electron chi connectivity index (χ3n) is 3.90. The van der Waals surface area contributed by atoms with E-state index in [1.54, 1.807) is 0 Å². The summed E-state index contributed by atoms with van der Waals surface area (Å²) in [6.45, 7) is 4.83. The Bertz CT molecular complexity index is 815. The van der Waals surface area contributed by atoms with Crippen LogP contribution in [0.15, 0.2) is 42.5 Å². The summed E-state index contributed by atoms with van der Waals surface area (Å²) < 4.78 is 38.5. The van der Waals surface area contributed by atoms with Crippen molar-refractivity contribution in [2.24, 2.45) is 0 Å². The molecule has 0 saturated heterocycles. The van der Waals surface area contributed by atoms with Gasteiger partial charge in [0.15, 0.2) is 11.5 Å². The molecule has 1 aliphatic heterocycles. The number of hydrogen-bond acceptors (Lipinski definition) is 4. The van der Waals surface area contributed by atoms with Crippen molar-refractivity contribution >= 4 is 10.0 Å². The first-order valence-corrected chi connectivity index (χ1v) is 9.53. The van der Waals surface area contributed by atoms with E-state index < -0.39 is 10.0 Å². The van der Waals surface area contributed by atoms with E-state index in [0.29, 0.717) is 24.7 Å². The lowest BCUT2D eigenvalue weighted by Crippen LogP contribution is -2.28. The zero-order valence-electron chi connectivity index (χ0n) is 13.8. The van der Waals surface area contributed by atoms with Gasteiger partial charge in [0.1, 0.15) is 13.2 Å². The molecule has 128 valence electrons. The van der Waals surface area contributed by atoms with Crippen molar-refractivity contribution < 1.29 is 17.9 Å². The highest BCUT2D eigenvalue weighted by atomic mass is 32.2. The van der Waals surface area contributed by atoms with Crippen LogP contribution in [0, 0.1) is 6.92 Å². The Hall–Kier alpha value is -2.05. The SMILES string of the molecule is Cc1ccc(CS(=O)(=O)N[C@@H](C)c2ccc3c(c2)OCCO3)cc1. The Morgan fingerprint density at radius 3 is 2.42 bits per heavy atom. The van der Waals surface area contributed by atoms with Gasteiger partial charge in [-0.3, -0.25) is 0 Å². The van der Waals surface area contributed by atoms with Crippen molar-refractivity contribution in [3.8, 4) is 11.5 Å². The molecule has 2 aromatic carbocycles. The Labute approximate surface area is 142 Å². The summed E-state index contributed by atoms with van der Waals surface area (Å²) in [5, 5.41) is 0. The lowest BCUT2D eigenvalue weighted by Gasteiger charge is -2.21. The molecule has 0 aromatic heterocycles. The maximum atomic E-state index is 12.4. The largest absolute Gasteiger partial charge is 0.486 e. The summed E-state index contributed by atoms with van der Waals surface area (Å²) in [5.74, 6) is 1.31. The molecule has 1 aliphatic rings. The van der Waals surface area contributed by atoms with Crippen molar-refractivity contribution in [1.29, 1.82) is 0 Å². The summed E-state index contributed by atoms with van der Waals surface area (Å²) in [6, 6.07) is 12.6. The average molecular weight is 347 g/mol. The van der Waals surface area contributed by atoms with Crippen molar-refractivity contribution in [3.05, 3.63) is 59.2 Å². The monoisotopic (exact) mass is 347 g/mol. The summed E-state index contributed by atoms with van der Waals surface area (Å²) in [5.41, 5.74) is 2.71. The number of sulfonamides is 1. The summed E-state index contributed by atoms with van der Waals surface area (Å²) in [6.07, 6.45) is 0. The van der Waals surface area contributed by atoms with Gasteiger partial charge in [0, 0.05) is 6.04 Å². The molecular formula is C18H21NO4S. The quantitative estimate of drug-likeness (QED) is 0.903. The number of hydrogen-bond donors (Lipinski definition) is 1. The van der Waals surface area contributed by atoms with Crippen LogP contribution in [0.3, 0.4) is 0 Å². The number of rotatable bonds is 5. The first-order chi connectivity index (χ1) is 11.4. The first kappa shape index (κ1) is 16.8. The number of aryl methyl sites for hydroxylation is 1. The second kappa shape index (κ2) is 6.83. The molecule has 1 N–H and O–H groups in total. The fourth-order valence-electron chi connectivity index (χ4n) is 2.61. The second-order valence-corrected chi connectivity index (χ2v) is 7.74. The maximum Gasteiger partial charge on any atom is 0.216 e. The minimum atomic E-state index is -3.44. The van der Waals surface area contributed by atoms with E-state index in [4.69, 9.17) is 9.47 Å². The predicted octanol–water partition coefficient (Wildman–Crippen LogP) is 2.95. The van der Waals surface area contributed by atoms with Crippen molar-refractivity contribution in [2.75, 3.05) is 13.2 Å². The molecule has 2 aromatic rings. The van der Waals surface area contributed by atoms with Crippen LogP contribution >= 0.6 is 0 Å². The molecule has 0 spiro atoms. The molecule has 5 nitrogen and oxygen atoms in total. The molecule has 0 saturated carbocycles. The number of nitrogens with one attached hydrogen (secondary N) is 1. The lowest BCUT2D eigenvalue weighted by atomic mass is 10.1. The van der Waals surface area contributed by atoms with Gasteiger partial charge in [0.2, 0.25) is 10.0 Å². The number of ether oxygens (including phenoxy) is 2. The highest BCUT2D eigenvalue weighted by Crippen LogP contribution is 2.32. The Morgan fingerprint density at radius 2 is 1.71 bits per heavy atom. The third kappa shape index (κ3) is 4.07. The summed E-state index contributed by atoms with van der Waals surface area (Å²) in [7, 11) is -3.44. The molecule has 0 radical (unpaired) electrons. The topological polar surface area (TPSA) is 64.6 Å². The van der Waals surface area contributed by atoms with E-state index in [9.17, 15) is 8.42 Å². The van der Waals surface area contributed by atoms with Gasteiger partial charge in [-0.1, -0.05) is 35.9 Å². The molecular weight excluding hydrogens is 326 g/mol. The molecule has 0 bridgehead atoms. The van der Waals surface area contributed by atoms with Crippen molar-refractivity contribution in [3.63, 3.8) is 0 Å².